The van der Waals surface area contributed by atoms with Crippen molar-refractivity contribution >= 4 is 21.8 Å². The van der Waals surface area contributed by atoms with E-state index in [1.54, 1.807) is 0 Å². The monoisotopic (exact) mass is 486 g/mol. The Labute approximate surface area is 222 Å². The molecule has 2 heterocycles. The lowest BCUT2D eigenvalue weighted by atomic mass is 9.90. The van der Waals surface area contributed by atoms with E-state index in [0.717, 1.165) is 12.8 Å². The van der Waals surface area contributed by atoms with Gasteiger partial charge in [0.15, 0.2) is 0 Å². The first-order chi connectivity index (χ1) is 18.9. The van der Waals surface area contributed by atoms with E-state index >= 15 is 0 Å². The molecular formula is C36H26N2. The minimum Gasteiger partial charge on any atom is -0.313 e. The van der Waals surface area contributed by atoms with E-state index < -0.39 is 0 Å². The average molecular weight is 487 g/mol. The lowest BCUT2D eigenvalue weighted by Crippen LogP contribution is -2.11. The molecule has 2 aromatic heterocycles. The van der Waals surface area contributed by atoms with Gasteiger partial charge in [0.2, 0.25) is 0 Å². The summed E-state index contributed by atoms with van der Waals surface area (Å²) in [5.74, 6) is 0. The topological polar surface area (TPSA) is 9.86 Å². The molecule has 0 bridgehead atoms. The van der Waals surface area contributed by atoms with E-state index in [2.05, 4.69) is 143 Å². The third-order valence-electron chi connectivity index (χ3n) is 8.04. The maximum absolute atomic E-state index is 2.53. The number of hydrogen-bond donors (Lipinski definition) is 0. The first kappa shape index (κ1) is 21.3. The molecule has 2 nitrogen and oxygen atoms in total. The van der Waals surface area contributed by atoms with Crippen LogP contribution >= 0.6 is 0 Å². The summed E-state index contributed by atoms with van der Waals surface area (Å²) in [7, 11) is 0. The van der Waals surface area contributed by atoms with Crippen LogP contribution in [-0.2, 0) is 12.8 Å². The Kier molecular flexibility index (Phi) is 4.68. The molecule has 0 saturated carbocycles. The second-order valence-corrected chi connectivity index (χ2v) is 10.1. The van der Waals surface area contributed by atoms with Gasteiger partial charge in [0.1, 0.15) is 0 Å². The fraction of sp³-hybridized carbons (Fsp3) is 0.0556. The summed E-state index contributed by atoms with van der Waals surface area (Å²) in [5, 5.41) is 2.65. The van der Waals surface area contributed by atoms with Gasteiger partial charge in [-0.25, -0.2) is 0 Å². The molecule has 7 aromatic rings. The predicted molar refractivity (Wildman–Crippen MR) is 158 cm³/mol. The molecule has 0 fully saturated rings. The normalized spacial score (nSPS) is 12.5. The molecule has 1 aliphatic rings. The molecule has 0 aliphatic heterocycles. The first-order valence-corrected chi connectivity index (χ1v) is 13.4. The number of aromatic nitrogens is 2. The molecule has 180 valence electrons. The van der Waals surface area contributed by atoms with Crippen LogP contribution in [0, 0.1) is 0 Å². The SMILES string of the molecule is c1ccc(-c2ccccc2-n2c3c(c4ccccc42)-c2c(n(-c4ccccc4)c4ccccc24)CC3)cc1. The van der Waals surface area contributed by atoms with Crippen molar-refractivity contribution in [2.75, 3.05) is 0 Å². The maximum atomic E-state index is 2.53. The van der Waals surface area contributed by atoms with Crippen LogP contribution in [0.3, 0.4) is 0 Å². The fourth-order valence-corrected chi connectivity index (χ4v) is 6.53. The summed E-state index contributed by atoms with van der Waals surface area (Å²) in [6.45, 7) is 0. The van der Waals surface area contributed by atoms with Crippen LogP contribution in [0.15, 0.2) is 133 Å². The molecule has 0 N–H and O–H groups in total. The number of benzene rings is 5. The highest BCUT2D eigenvalue weighted by atomic mass is 15.0. The first-order valence-electron chi connectivity index (χ1n) is 13.4. The van der Waals surface area contributed by atoms with Crippen LogP contribution in [0.25, 0.3) is 55.4 Å². The van der Waals surface area contributed by atoms with E-state index in [9.17, 15) is 0 Å². The molecular weight excluding hydrogens is 460 g/mol. The van der Waals surface area contributed by atoms with Gasteiger partial charge < -0.3 is 9.13 Å². The van der Waals surface area contributed by atoms with Crippen molar-refractivity contribution in [1.29, 1.82) is 0 Å². The summed E-state index contributed by atoms with van der Waals surface area (Å²) < 4.78 is 5.02. The quantitative estimate of drug-likeness (QED) is 0.236. The zero-order chi connectivity index (χ0) is 25.1. The van der Waals surface area contributed by atoms with Gasteiger partial charge in [-0.05, 0) is 48.7 Å². The molecule has 0 saturated heterocycles. The van der Waals surface area contributed by atoms with Crippen LogP contribution in [-0.4, -0.2) is 9.13 Å². The summed E-state index contributed by atoms with van der Waals surface area (Å²) >= 11 is 0. The van der Waals surface area contributed by atoms with Gasteiger partial charge >= 0.3 is 0 Å². The highest BCUT2D eigenvalue weighted by Crippen LogP contribution is 2.48. The van der Waals surface area contributed by atoms with Crippen molar-refractivity contribution < 1.29 is 0 Å². The predicted octanol–water partition coefficient (Wildman–Crippen LogP) is 9.01. The van der Waals surface area contributed by atoms with Crippen LogP contribution in [0.1, 0.15) is 11.4 Å². The van der Waals surface area contributed by atoms with Gasteiger partial charge in [0.25, 0.3) is 0 Å². The fourth-order valence-electron chi connectivity index (χ4n) is 6.53. The van der Waals surface area contributed by atoms with E-state index in [1.165, 1.54) is 66.8 Å². The second kappa shape index (κ2) is 8.36. The zero-order valence-corrected chi connectivity index (χ0v) is 21.0. The van der Waals surface area contributed by atoms with Crippen molar-refractivity contribution in [3.8, 4) is 33.6 Å². The Bertz CT molecular complexity index is 1960. The highest BCUT2D eigenvalue weighted by Gasteiger charge is 2.30. The summed E-state index contributed by atoms with van der Waals surface area (Å²) in [6.07, 6.45) is 1.99. The molecule has 8 rings (SSSR count). The summed E-state index contributed by atoms with van der Waals surface area (Å²) in [5.41, 5.74) is 13.1. The van der Waals surface area contributed by atoms with Crippen molar-refractivity contribution in [2.45, 2.75) is 12.8 Å². The summed E-state index contributed by atoms with van der Waals surface area (Å²) in [4.78, 5) is 0. The highest BCUT2D eigenvalue weighted by molar-refractivity contribution is 6.10. The van der Waals surface area contributed by atoms with Crippen molar-refractivity contribution in [3.05, 3.63) is 145 Å². The molecule has 38 heavy (non-hydrogen) atoms. The van der Waals surface area contributed by atoms with Crippen LogP contribution in [0.2, 0.25) is 0 Å². The average Bonchev–Trinajstić information content (AvgIpc) is 3.51. The second-order valence-electron chi connectivity index (χ2n) is 10.1. The van der Waals surface area contributed by atoms with Crippen LogP contribution < -0.4 is 0 Å². The van der Waals surface area contributed by atoms with Crippen LogP contribution in [0.5, 0.6) is 0 Å². The van der Waals surface area contributed by atoms with E-state index in [1.807, 2.05) is 0 Å². The Morgan fingerprint density at radius 3 is 1.61 bits per heavy atom. The molecule has 0 atom stereocenters. The zero-order valence-electron chi connectivity index (χ0n) is 21.0. The van der Waals surface area contributed by atoms with E-state index in [0.29, 0.717) is 0 Å². The minimum atomic E-state index is 0.989. The lowest BCUT2D eigenvalue weighted by Gasteiger charge is -2.21. The number of hydrogen-bond acceptors (Lipinski definition) is 0. The molecule has 0 radical (unpaired) electrons. The van der Waals surface area contributed by atoms with Crippen molar-refractivity contribution in [3.63, 3.8) is 0 Å². The third kappa shape index (κ3) is 3.01. The van der Waals surface area contributed by atoms with Gasteiger partial charge in [0, 0.05) is 44.5 Å². The Hall–Kier alpha value is -4.82. The van der Waals surface area contributed by atoms with E-state index in [4.69, 9.17) is 0 Å². The third-order valence-corrected chi connectivity index (χ3v) is 8.04. The number of nitrogens with zero attached hydrogens (tertiary/aromatic N) is 2. The van der Waals surface area contributed by atoms with Gasteiger partial charge in [-0.2, -0.15) is 0 Å². The van der Waals surface area contributed by atoms with Gasteiger partial charge in [-0.3, -0.25) is 0 Å². The Morgan fingerprint density at radius 2 is 0.921 bits per heavy atom. The molecule has 5 aromatic carbocycles. The lowest BCUT2D eigenvalue weighted by molar-refractivity contribution is 0.822. The Balaban J connectivity index is 1.48. The molecule has 0 unspecified atom stereocenters. The smallest absolute Gasteiger partial charge is 0.0538 e. The number of para-hydroxylation sites is 4. The molecule has 1 aliphatic carbocycles. The van der Waals surface area contributed by atoms with Gasteiger partial charge in [-0.15, -0.1) is 0 Å². The standard InChI is InChI=1S/C36H26N2/c1-3-13-25(14-4-1)27-17-7-10-20-30(27)38-32-22-12-9-19-29(32)36-34(38)24-23-33-35(36)28-18-8-11-21-31(28)37(33)26-15-5-2-6-16-26/h1-22H,23-24H2. The van der Waals surface area contributed by atoms with Gasteiger partial charge in [0.05, 0.1) is 16.7 Å². The van der Waals surface area contributed by atoms with Gasteiger partial charge in [-0.1, -0.05) is 103 Å². The van der Waals surface area contributed by atoms with E-state index in [-0.39, 0.29) is 0 Å². The molecule has 0 spiro atoms. The minimum absolute atomic E-state index is 0.989. The van der Waals surface area contributed by atoms with Crippen LogP contribution in [0.4, 0.5) is 0 Å². The molecule has 2 heteroatoms. The van der Waals surface area contributed by atoms with Crippen molar-refractivity contribution in [2.24, 2.45) is 0 Å². The number of fused-ring (bicyclic) bond motifs is 7. The Morgan fingerprint density at radius 1 is 0.421 bits per heavy atom. The summed E-state index contributed by atoms with van der Waals surface area (Å²) in [6, 6.07) is 48.3. The molecule has 0 amide bonds. The van der Waals surface area contributed by atoms with Crippen molar-refractivity contribution in [1.82, 2.24) is 9.13 Å². The maximum Gasteiger partial charge on any atom is 0.0538 e. The number of rotatable bonds is 3. The largest absolute Gasteiger partial charge is 0.313 e.